The van der Waals surface area contributed by atoms with E-state index in [0.717, 1.165) is 42.7 Å². The van der Waals surface area contributed by atoms with Gasteiger partial charge in [-0.1, -0.05) is 28.1 Å². The van der Waals surface area contributed by atoms with E-state index in [2.05, 4.69) is 31.5 Å². The Morgan fingerprint density at radius 1 is 1.12 bits per heavy atom. The van der Waals surface area contributed by atoms with Gasteiger partial charge in [0, 0.05) is 41.1 Å². The van der Waals surface area contributed by atoms with E-state index in [0.29, 0.717) is 23.3 Å². The zero-order valence-corrected chi connectivity index (χ0v) is 20.0. The standard InChI is InChI=1S/C24H25BrN4O5/c25-18-3-1-17(2-4-18)24(22(31)26-23(32)27-24)15-29-14-16-13-19(5-6-20(16)21(29)30)34-12-9-28-7-10-33-11-8-28/h1-6,13-14,30H,7-12,15H2,(H2,26,27,31,32). The summed E-state index contributed by atoms with van der Waals surface area (Å²) in [5, 5.41) is 17.4. The number of ether oxygens (including phenoxy) is 2. The minimum absolute atomic E-state index is 0.0142. The van der Waals surface area contributed by atoms with Crippen molar-refractivity contribution in [1.29, 1.82) is 0 Å². The molecule has 178 valence electrons. The first kappa shape index (κ1) is 22.7. The number of imide groups is 1. The summed E-state index contributed by atoms with van der Waals surface area (Å²) < 4.78 is 13.7. The maximum Gasteiger partial charge on any atom is 0.322 e. The maximum absolute atomic E-state index is 12.9. The highest BCUT2D eigenvalue weighted by molar-refractivity contribution is 9.10. The first-order chi connectivity index (χ1) is 16.4. The topological polar surface area (TPSA) is 105 Å². The Labute approximate surface area is 204 Å². The lowest BCUT2D eigenvalue weighted by molar-refractivity contribution is -0.124. The Bertz CT molecular complexity index is 1220. The second-order valence-electron chi connectivity index (χ2n) is 8.45. The quantitative estimate of drug-likeness (QED) is 0.407. The van der Waals surface area contributed by atoms with Crippen molar-refractivity contribution < 1.29 is 24.2 Å². The summed E-state index contributed by atoms with van der Waals surface area (Å²) in [5.74, 6) is 0.247. The van der Waals surface area contributed by atoms with Gasteiger partial charge in [0.25, 0.3) is 5.91 Å². The molecule has 3 aromatic rings. The van der Waals surface area contributed by atoms with Crippen LogP contribution in [0.5, 0.6) is 11.6 Å². The van der Waals surface area contributed by atoms with Crippen LogP contribution in [0.2, 0.25) is 0 Å². The van der Waals surface area contributed by atoms with Gasteiger partial charge in [0.1, 0.15) is 12.4 Å². The molecule has 5 rings (SSSR count). The zero-order valence-electron chi connectivity index (χ0n) is 18.4. The van der Waals surface area contributed by atoms with Crippen molar-refractivity contribution >= 4 is 38.6 Å². The van der Waals surface area contributed by atoms with Gasteiger partial charge in [-0.05, 0) is 35.9 Å². The number of aromatic nitrogens is 1. The molecule has 0 bridgehead atoms. The number of fused-ring (bicyclic) bond motifs is 1. The Balaban J connectivity index is 1.38. The molecule has 0 spiro atoms. The third-order valence-corrected chi connectivity index (χ3v) is 6.83. The molecule has 0 radical (unpaired) electrons. The molecule has 3 amide bonds. The number of amides is 3. The van der Waals surface area contributed by atoms with Gasteiger partial charge in [0.15, 0.2) is 11.4 Å². The van der Waals surface area contributed by atoms with E-state index < -0.39 is 17.5 Å². The molecule has 3 N–H and O–H groups in total. The Morgan fingerprint density at radius 2 is 1.88 bits per heavy atom. The van der Waals surface area contributed by atoms with Gasteiger partial charge in [-0.25, -0.2) is 4.79 Å². The molecule has 2 saturated heterocycles. The van der Waals surface area contributed by atoms with Crippen molar-refractivity contribution in [2.45, 2.75) is 12.1 Å². The van der Waals surface area contributed by atoms with E-state index in [4.69, 9.17) is 9.47 Å². The van der Waals surface area contributed by atoms with Crippen LogP contribution < -0.4 is 15.4 Å². The largest absolute Gasteiger partial charge is 0.494 e. The maximum atomic E-state index is 12.9. The fraction of sp³-hybridized carbons (Fsp3) is 0.333. The SMILES string of the molecule is O=C1NC(=O)C(Cn2cc3cc(OCCN4CCOCC4)ccc3c2O)(c2ccc(Br)cc2)N1. The predicted molar refractivity (Wildman–Crippen MR) is 129 cm³/mol. The molecule has 3 heterocycles. The number of nitrogens with zero attached hydrogens (tertiary/aromatic N) is 2. The van der Waals surface area contributed by atoms with Gasteiger partial charge in [0.05, 0.1) is 19.8 Å². The minimum atomic E-state index is -1.35. The summed E-state index contributed by atoms with van der Waals surface area (Å²) in [5.41, 5.74) is -0.731. The summed E-state index contributed by atoms with van der Waals surface area (Å²) in [6.07, 6.45) is 1.76. The average molecular weight is 529 g/mol. The first-order valence-electron chi connectivity index (χ1n) is 11.1. The molecule has 10 heteroatoms. The van der Waals surface area contributed by atoms with Crippen LogP contribution in [0.25, 0.3) is 10.8 Å². The van der Waals surface area contributed by atoms with Gasteiger partial charge >= 0.3 is 6.03 Å². The van der Waals surface area contributed by atoms with Gasteiger partial charge in [-0.3, -0.25) is 15.0 Å². The highest BCUT2D eigenvalue weighted by Crippen LogP contribution is 2.35. The molecule has 2 aliphatic rings. The molecule has 1 unspecified atom stereocenters. The Hall–Kier alpha value is -3.08. The van der Waals surface area contributed by atoms with Crippen LogP contribution >= 0.6 is 15.9 Å². The number of urea groups is 1. The van der Waals surface area contributed by atoms with E-state index in [-0.39, 0.29) is 12.4 Å². The van der Waals surface area contributed by atoms with Crippen molar-refractivity contribution in [3.63, 3.8) is 0 Å². The molecular weight excluding hydrogens is 504 g/mol. The van der Waals surface area contributed by atoms with Gasteiger partial charge < -0.3 is 24.5 Å². The molecular formula is C24H25BrN4O5. The summed E-state index contributed by atoms with van der Waals surface area (Å²) in [7, 11) is 0. The van der Waals surface area contributed by atoms with Crippen LogP contribution in [-0.2, 0) is 21.6 Å². The van der Waals surface area contributed by atoms with Crippen molar-refractivity contribution in [2.24, 2.45) is 0 Å². The molecule has 9 nitrogen and oxygen atoms in total. The molecule has 34 heavy (non-hydrogen) atoms. The van der Waals surface area contributed by atoms with Crippen molar-refractivity contribution in [3.8, 4) is 11.6 Å². The highest BCUT2D eigenvalue weighted by atomic mass is 79.9. The number of nitrogens with one attached hydrogen (secondary N) is 2. The number of carbonyl (C=O) groups is 2. The van der Waals surface area contributed by atoms with Crippen LogP contribution in [-0.4, -0.2) is 66.0 Å². The highest BCUT2D eigenvalue weighted by Gasteiger charge is 2.48. The molecule has 0 saturated carbocycles. The number of morpholine rings is 1. The van der Waals surface area contributed by atoms with Gasteiger partial charge in [-0.2, -0.15) is 0 Å². The van der Waals surface area contributed by atoms with Crippen LogP contribution in [0.15, 0.2) is 53.1 Å². The Kier molecular flexibility index (Phi) is 6.20. The fourth-order valence-corrected chi connectivity index (χ4v) is 4.71. The summed E-state index contributed by atoms with van der Waals surface area (Å²) in [4.78, 5) is 27.3. The van der Waals surface area contributed by atoms with Crippen LogP contribution in [0.1, 0.15) is 5.56 Å². The predicted octanol–water partition coefficient (Wildman–Crippen LogP) is 2.56. The normalized spacial score (nSPS) is 21.0. The molecule has 2 aromatic carbocycles. The number of aromatic hydroxyl groups is 1. The molecule has 1 atom stereocenters. The van der Waals surface area contributed by atoms with Crippen LogP contribution in [0.3, 0.4) is 0 Å². The summed E-state index contributed by atoms with van der Waals surface area (Å²) in [6, 6.07) is 12.1. The summed E-state index contributed by atoms with van der Waals surface area (Å²) in [6.45, 7) is 4.71. The zero-order chi connectivity index (χ0) is 23.7. The third kappa shape index (κ3) is 4.36. The molecule has 0 aliphatic carbocycles. The Morgan fingerprint density at radius 3 is 2.59 bits per heavy atom. The van der Waals surface area contributed by atoms with Crippen molar-refractivity contribution in [3.05, 3.63) is 58.7 Å². The van der Waals surface area contributed by atoms with Crippen molar-refractivity contribution in [1.82, 2.24) is 20.1 Å². The van der Waals surface area contributed by atoms with Crippen LogP contribution in [0, 0.1) is 0 Å². The number of hydrogen-bond acceptors (Lipinski definition) is 6. The number of benzene rings is 2. The lowest BCUT2D eigenvalue weighted by Gasteiger charge is -2.27. The minimum Gasteiger partial charge on any atom is -0.494 e. The molecule has 1 aromatic heterocycles. The van der Waals surface area contributed by atoms with Crippen molar-refractivity contribution in [2.75, 3.05) is 39.5 Å². The van der Waals surface area contributed by atoms with E-state index in [1.54, 1.807) is 41.1 Å². The number of rotatable bonds is 7. The molecule has 2 fully saturated rings. The molecule has 2 aliphatic heterocycles. The number of carbonyl (C=O) groups excluding carboxylic acids is 2. The number of hydrogen-bond donors (Lipinski definition) is 3. The monoisotopic (exact) mass is 528 g/mol. The second-order valence-corrected chi connectivity index (χ2v) is 9.37. The lowest BCUT2D eigenvalue weighted by Crippen LogP contribution is -2.47. The third-order valence-electron chi connectivity index (χ3n) is 6.30. The van der Waals surface area contributed by atoms with Gasteiger partial charge in [-0.15, -0.1) is 0 Å². The van der Waals surface area contributed by atoms with E-state index >= 15 is 0 Å². The van der Waals surface area contributed by atoms with Crippen LogP contribution in [0.4, 0.5) is 4.79 Å². The van der Waals surface area contributed by atoms with E-state index in [1.165, 1.54) is 0 Å². The number of halogens is 1. The smallest absolute Gasteiger partial charge is 0.322 e. The fourth-order valence-electron chi connectivity index (χ4n) is 4.45. The first-order valence-corrected chi connectivity index (χ1v) is 11.9. The second kappa shape index (κ2) is 9.28. The lowest BCUT2D eigenvalue weighted by atomic mass is 9.90. The van der Waals surface area contributed by atoms with Gasteiger partial charge in [0.2, 0.25) is 0 Å². The summed E-state index contributed by atoms with van der Waals surface area (Å²) >= 11 is 3.39. The van der Waals surface area contributed by atoms with E-state index in [9.17, 15) is 14.7 Å². The average Bonchev–Trinajstić information content (AvgIpc) is 3.30. The van der Waals surface area contributed by atoms with E-state index in [1.807, 2.05) is 12.1 Å².